The highest BCUT2D eigenvalue weighted by molar-refractivity contribution is 6.62. The summed E-state index contributed by atoms with van der Waals surface area (Å²) in [4.78, 5) is 11.8. The number of ether oxygens (including phenoxy) is 2. The van der Waals surface area contributed by atoms with Crippen LogP contribution < -0.4 is 10.2 Å². The lowest BCUT2D eigenvalue weighted by atomic mass is 9.76. The van der Waals surface area contributed by atoms with Gasteiger partial charge in [0.2, 0.25) is 0 Å². The molecule has 0 unspecified atom stereocenters. The van der Waals surface area contributed by atoms with E-state index in [1.165, 1.54) is 0 Å². The second-order valence-corrected chi connectivity index (χ2v) is 7.67. The van der Waals surface area contributed by atoms with Crippen molar-refractivity contribution in [1.29, 1.82) is 0 Å². The topological polar surface area (TPSA) is 68.2 Å². The maximum Gasteiger partial charge on any atom is 0.492 e. The molecule has 1 heterocycles. The van der Waals surface area contributed by atoms with Gasteiger partial charge in [-0.15, -0.1) is 5.12 Å². The predicted molar refractivity (Wildman–Crippen MR) is 103 cm³/mol. The fourth-order valence-electron chi connectivity index (χ4n) is 2.97. The molecule has 1 N–H and O–H groups in total. The molecular weight excluding hydrogens is 364 g/mol. The lowest BCUT2D eigenvalue weighted by Crippen LogP contribution is -2.31. The summed E-state index contributed by atoms with van der Waals surface area (Å²) in [5.74, 6) is 1.07. The average molecular weight is 387 g/mol. The number of rotatable bonds is 4. The van der Waals surface area contributed by atoms with E-state index in [-0.39, 0.29) is 11.7 Å². The fraction of sp³-hybridized carbons (Fsp3) is 0.350. The van der Waals surface area contributed by atoms with Crippen molar-refractivity contribution in [3.8, 4) is 11.5 Å². The van der Waals surface area contributed by atoms with Gasteiger partial charge in [-0.1, -0.05) is 22.7 Å². The summed E-state index contributed by atoms with van der Waals surface area (Å²) in [5, 5.41) is 9.99. The zero-order chi connectivity index (χ0) is 20.5. The molecule has 0 saturated heterocycles. The largest absolute Gasteiger partial charge is 0.492 e. The van der Waals surface area contributed by atoms with Gasteiger partial charge in [0, 0.05) is 0 Å². The van der Waals surface area contributed by atoms with Gasteiger partial charge >= 0.3 is 13.2 Å². The van der Waals surface area contributed by atoms with Crippen LogP contribution >= 0.6 is 0 Å². The van der Waals surface area contributed by atoms with Gasteiger partial charge in [0.1, 0.15) is 17.1 Å². The van der Waals surface area contributed by atoms with Gasteiger partial charge in [-0.25, -0.2) is 4.79 Å². The molecule has 3 rings (SSSR count). The minimum absolute atomic E-state index is 0.0265. The molecule has 2 aromatic rings. The Bertz CT molecular complexity index is 883. The monoisotopic (exact) mass is 387 g/mol. The quantitative estimate of drug-likeness (QED) is 0.641. The molecule has 0 aliphatic carbocycles. The van der Waals surface area contributed by atoms with E-state index in [4.69, 9.17) is 14.1 Å². The Morgan fingerprint density at radius 2 is 2.07 bits per heavy atom. The van der Waals surface area contributed by atoms with E-state index >= 15 is 0 Å². The maximum absolute atomic E-state index is 14.1. The van der Waals surface area contributed by atoms with Crippen LogP contribution in [-0.2, 0) is 22.5 Å². The molecule has 0 bridgehead atoms. The molecule has 0 spiro atoms. The SMILES string of the molecule is Cc1c(Oc2cccc(CN(F)C(=O)OC(C)(C)C)c2)ccc2c1B(O)OC2. The Morgan fingerprint density at radius 1 is 1.32 bits per heavy atom. The van der Waals surface area contributed by atoms with Crippen molar-refractivity contribution in [2.45, 2.75) is 46.4 Å². The zero-order valence-electron chi connectivity index (χ0n) is 16.4. The highest BCUT2D eigenvalue weighted by Crippen LogP contribution is 2.28. The molecule has 0 radical (unpaired) electrons. The second-order valence-electron chi connectivity index (χ2n) is 7.67. The van der Waals surface area contributed by atoms with Gasteiger partial charge in [-0.2, -0.15) is 0 Å². The van der Waals surface area contributed by atoms with E-state index in [0.717, 1.165) is 11.1 Å². The zero-order valence-corrected chi connectivity index (χ0v) is 16.4. The summed E-state index contributed by atoms with van der Waals surface area (Å²) < 4.78 is 30.3. The second kappa shape index (κ2) is 7.81. The van der Waals surface area contributed by atoms with Crippen molar-refractivity contribution >= 4 is 18.7 Å². The smallest absolute Gasteiger partial charge is 0.457 e. The number of nitrogens with zero attached hydrogens (tertiary/aromatic N) is 1. The van der Waals surface area contributed by atoms with E-state index in [2.05, 4.69) is 0 Å². The summed E-state index contributed by atoms with van der Waals surface area (Å²) in [5.41, 5.74) is 2.21. The van der Waals surface area contributed by atoms with Crippen LogP contribution in [0.15, 0.2) is 36.4 Å². The van der Waals surface area contributed by atoms with Crippen LogP contribution in [-0.4, -0.2) is 29.0 Å². The first-order chi connectivity index (χ1) is 13.1. The highest BCUT2D eigenvalue weighted by Gasteiger charge is 2.30. The van der Waals surface area contributed by atoms with Crippen molar-refractivity contribution in [2.75, 3.05) is 0 Å². The standard InChI is InChI=1S/C20H23BFNO5/c1-13-17(9-8-15-12-26-21(25)18(13)15)27-16-7-5-6-14(10-16)11-23(22)19(24)28-20(2,3)4/h5-10,25H,11-12H2,1-4H3. The Labute approximate surface area is 163 Å². The maximum atomic E-state index is 14.1. The Morgan fingerprint density at radius 3 is 2.79 bits per heavy atom. The van der Waals surface area contributed by atoms with E-state index in [9.17, 15) is 14.3 Å². The van der Waals surface area contributed by atoms with Crippen molar-refractivity contribution in [3.05, 3.63) is 53.1 Å². The Hall–Kier alpha value is -2.58. The molecule has 28 heavy (non-hydrogen) atoms. The first kappa shape index (κ1) is 20.2. The molecule has 0 aromatic heterocycles. The number of amides is 1. The minimum atomic E-state index is -1.04. The molecular formula is C20H23BFNO5. The molecule has 1 amide bonds. The molecule has 0 atom stereocenters. The molecule has 0 fully saturated rings. The number of benzene rings is 2. The van der Waals surface area contributed by atoms with Gasteiger partial charge < -0.3 is 19.2 Å². The summed E-state index contributed by atoms with van der Waals surface area (Å²) in [7, 11) is -0.959. The van der Waals surface area contributed by atoms with Crippen molar-refractivity contribution < 1.29 is 28.4 Å². The van der Waals surface area contributed by atoms with Crippen molar-refractivity contribution in [1.82, 2.24) is 5.12 Å². The molecule has 6 nitrogen and oxygen atoms in total. The van der Waals surface area contributed by atoms with Crippen molar-refractivity contribution in [3.63, 3.8) is 0 Å². The number of carbonyl (C=O) groups excluding carboxylic acids is 1. The van der Waals surface area contributed by atoms with Gasteiger partial charge in [0.25, 0.3) is 0 Å². The van der Waals surface area contributed by atoms with Crippen LogP contribution in [0.3, 0.4) is 0 Å². The lowest BCUT2D eigenvalue weighted by Gasteiger charge is -2.22. The number of halogens is 1. The molecule has 1 aliphatic heterocycles. The van der Waals surface area contributed by atoms with Crippen LogP contribution in [0.1, 0.15) is 37.5 Å². The predicted octanol–water partition coefficient (Wildman–Crippen LogP) is 3.63. The van der Waals surface area contributed by atoms with Gasteiger partial charge in [0.15, 0.2) is 0 Å². The third-order valence-corrected chi connectivity index (χ3v) is 4.24. The van der Waals surface area contributed by atoms with Crippen LogP contribution in [0, 0.1) is 6.92 Å². The van der Waals surface area contributed by atoms with Crippen LogP contribution in [0.25, 0.3) is 0 Å². The molecule has 0 saturated carbocycles. The van der Waals surface area contributed by atoms with Gasteiger partial charge in [0.05, 0.1) is 13.2 Å². The summed E-state index contributed by atoms with van der Waals surface area (Å²) in [6, 6.07) is 10.5. The Kier molecular flexibility index (Phi) is 5.63. The Balaban J connectivity index is 1.72. The normalized spacial score (nSPS) is 13.3. The summed E-state index contributed by atoms with van der Waals surface area (Å²) in [6.45, 7) is 6.98. The number of hydrogen-bond donors (Lipinski definition) is 1. The summed E-state index contributed by atoms with van der Waals surface area (Å²) >= 11 is 0. The van der Waals surface area contributed by atoms with E-state index in [0.29, 0.717) is 29.1 Å². The number of hydrogen-bond acceptors (Lipinski definition) is 5. The molecule has 2 aromatic carbocycles. The van der Waals surface area contributed by atoms with Gasteiger partial charge in [-0.05, 0) is 68.0 Å². The lowest BCUT2D eigenvalue weighted by molar-refractivity contribution is -0.0350. The third-order valence-electron chi connectivity index (χ3n) is 4.24. The molecule has 8 heteroatoms. The summed E-state index contributed by atoms with van der Waals surface area (Å²) in [6.07, 6.45) is -1.04. The molecule has 148 valence electrons. The van der Waals surface area contributed by atoms with E-state index in [1.54, 1.807) is 45.0 Å². The first-order valence-corrected chi connectivity index (χ1v) is 8.99. The third kappa shape index (κ3) is 4.63. The average Bonchev–Trinajstić information content (AvgIpc) is 2.98. The number of carbonyl (C=O) groups is 1. The van der Waals surface area contributed by atoms with Gasteiger partial charge in [-0.3, -0.25) is 0 Å². The van der Waals surface area contributed by atoms with Crippen molar-refractivity contribution in [2.24, 2.45) is 0 Å². The fourth-order valence-corrected chi connectivity index (χ4v) is 2.97. The van der Waals surface area contributed by atoms with Crippen LogP contribution in [0.2, 0.25) is 0 Å². The van der Waals surface area contributed by atoms with Crippen LogP contribution in [0.4, 0.5) is 9.28 Å². The van der Waals surface area contributed by atoms with E-state index < -0.39 is 18.8 Å². The highest BCUT2D eigenvalue weighted by atomic mass is 19.2. The molecule has 1 aliphatic rings. The minimum Gasteiger partial charge on any atom is -0.457 e. The van der Waals surface area contributed by atoms with Crippen LogP contribution in [0.5, 0.6) is 11.5 Å². The first-order valence-electron chi connectivity index (χ1n) is 8.99. The van der Waals surface area contributed by atoms with E-state index in [1.807, 2.05) is 19.1 Å². The number of fused-ring (bicyclic) bond motifs is 1.